The van der Waals surface area contributed by atoms with E-state index in [1.807, 2.05) is 6.07 Å². The predicted octanol–water partition coefficient (Wildman–Crippen LogP) is 3.16. The van der Waals surface area contributed by atoms with Crippen LogP contribution in [-0.2, 0) is 20.7 Å². The molecule has 1 aliphatic heterocycles. The molecule has 0 fully saturated rings. The lowest BCUT2D eigenvalue weighted by Gasteiger charge is -2.28. The van der Waals surface area contributed by atoms with Gasteiger partial charge in [0, 0.05) is 11.3 Å². The van der Waals surface area contributed by atoms with Gasteiger partial charge >= 0.3 is 12.0 Å². The van der Waals surface area contributed by atoms with E-state index in [1.165, 1.54) is 20.4 Å². The number of rotatable bonds is 13. The lowest BCUT2D eigenvalue weighted by atomic mass is 9.95. The SMILES string of the molecule is C=CCc1cc(/C=N\NC(=O)COc2ccc([C@H]3NC(=O)NC(C)=C3C(=O)OCC)cc2OC)cc(OC)c1OC. The monoisotopic (exact) mass is 566 g/mol. The average molecular weight is 567 g/mol. The molecule has 0 unspecified atom stereocenters. The summed E-state index contributed by atoms with van der Waals surface area (Å²) >= 11 is 0. The summed E-state index contributed by atoms with van der Waals surface area (Å²) in [5.41, 5.74) is 5.19. The van der Waals surface area contributed by atoms with Crippen molar-refractivity contribution in [2.75, 3.05) is 34.5 Å². The van der Waals surface area contributed by atoms with Crippen molar-refractivity contribution >= 4 is 24.1 Å². The molecule has 0 spiro atoms. The number of nitrogens with zero attached hydrogens (tertiary/aromatic N) is 1. The summed E-state index contributed by atoms with van der Waals surface area (Å²) in [6.45, 7) is 6.92. The normalized spacial score (nSPS) is 14.6. The molecule has 0 saturated heterocycles. The van der Waals surface area contributed by atoms with Gasteiger partial charge in [0.25, 0.3) is 5.91 Å². The van der Waals surface area contributed by atoms with Gasteiger partial charge in [0.05, 0.1) is 45.8 Å². The van der Waals surface area contributed by atoms with Crippen molar-refractivity contribution in [3.05, 3.63) is 70.9 Å². The van der Waals surface area contributed by atoms with Gasteiger partial charge in [0.2, 0.25) is 0 Å². The Morgan fingerprint density at radius 2 is 1.83 bits per heavy atom. The number of allylic oxidation sites excluding steroid dienone is 2. The Bertz CT molecular complexity index is 1370. The van der Waals surface area contributed by atoms with E-state index in [2.05, 4.69) is 27.7 Å². The van der Waals surface area contributed by atoms with E-state index in [0.717, 1.165) is 5.56 Å². The number of benzene rings is 2. The summed E-state index contributed by atoms with van der Waals surface area (Å²) in [6, 6.07) is 7.23. The highest BCUT2D eigenvalue weighted by molar-refractivity contribution is 5.95. The molecular formula is C29H34N4O8. The topological polar surface area (TPSA) is 146 Å². The van der Waals surface area contributed by atoms with Gasteiger partial charge < -0.3 is 34.3 Å². The van der Waals surface area contributed by atoms with Crippen molar-refractivity contribution in [1.82, 2.24) is 16.1 Å². The van der Waals surface area contributed by atoms with Crippen molar-refractivity contribution in [1.29, 1.82) is 0 Å². The molecule has 1 heterocycles. The molecular weight excluding hydrogens is 532 g/mol. The van der Waals surface area contributed by atoms with Gasteiger partial charge in [-0.1, -0.05) is 12.1 Å². The summed E-state index contributed by atoms with van der Waals surface area (Å²) < 4.78 is 27.1. The quantitative estimate of drug-likeness (QED) is 0.145. The first-order valence-corrected chi connectivity index (χ1v) is 12.7. The smallest absolute Gasteiger partial charge is 0.338 e. The number of hydrazone groups is 1. The maximum absolute atomic E-state index is 12.6. The molecule has 3 N–H and O–H groups in total. The van der Waals surface area contributed by atoms with Gasteiger partial charge in [-0.3, -0.25) is 4.79 Å². The van der Waals surface area contributed by atoms with Gasteiger partial charge in [-0.05, 0) is 55.7 Å². The fourth-order valence-corrected chi connectivity index (χ4v) is 4.21. The van der Waals surface area contributed by atoms with Crippen LogP contribution in [0.3, 0.4) is 0 Å². The maximum Gasteiger partial charge on any atom is 0.338 e. The maximum atomic E-state index is 12.6. The lowest BCUT2D eigenvalue weighted by molar-refractivity contribution is -0.139. The second kappa shape index (κ2) is 14.4. The van der Waals surface area contributed by atoms with Gasteiger partial charge in [0.15, 0.2) is 29.6 Å². The van der Waals surface area contributed by atoms with E-state index in [0.29, 0.717) is 40.5 Å². The fourth-order valence-electron chi connectivity index (χ4n) is 4.21. The summed E-state index contributed by atoms with van der Waals surface area (Å²) in [5.74, 6) is 0.655. The molecule has 2 aromatic carbocycles. The molecule has 218 valence electrons. The Hall–Kier alpha value is -5.00. The van der Waals surface area contributed by atoms with Crippen molar-refractivity contribution in [2.45, 2.75) is 26.3 Å². The summed E-state index contributed by atoms with van der Waals surface area (Å²) in [7, 11) is 4.54. The minimum Gasteiger partial charge on any atom is -0.493 e. The average Bonchev–Trinajstić information content (AvgIpc) is 2.95. The van der Waals surface area contributed by atoms with Crippen LogP contribution < -0.4 is 35.0 Å². The molecule has 3 amide bonds. The van der Waals surface area contributed by atoms with Gasteiger partial charge in [-0.2, -0.15) is 5.10 Å². The number of urea groups is 1. The van der Waals surface area contributed by atoms with E-state index in [4.69, 9.17) is 23.7 Å². The Balaban J connectivity index is 1.69. The molecule has 12 heteroatoms. The van der Waals surface area contributed by atoms with Crippen molar-refractivity contribution < 1.29 is 38.1 Å². The first-order chi connectivity index (χ1) is 19.8. The molecule has 12 nitrogen and oxygen atoms in total. The molecule has 1 atom stereocenters. The van der Waals surface area contributed by atoms with Crippen LogP contribution in [0.2, 0.25) is 0 Å². The highest BCUT2D eigenvalue weighted by Gasteiger charge is 2.32. The number of hydrogen-bond donors (Lipinski definition) is 3. The minimum absolute atomic E-state index is 0.184. The van der Waals surface area contributed by atoms with Crippen molar-refractivity contribution in [3.8, 4) is 23.0 Å². The third-order valence-electron chi connectivity index (χ3n) is 5.99. The standard InChI is InChI=1S/C29H34N4O8/c1-7-9-20-12-18(13-23(38-5)27(20)39-6)15-30-33-24(34)16-41-21-11-10-19(14-22(21)37-4)26-25(28(35)40-8-2)17(3)31-29(36)32-26/h7,10-15,26H,1,8-9,16H2,2-6H3,(H,33,34)(H2,31,32,36)/b30-15-/t26-/m1/s1. The zero-order valence-corrected chi connectivity index (χ0v) is 23.7. The van der Waals surface area contributed by atoms with Crippen LogP contribution in [0, 0.1) is 0 Å². The molecule has 0 radical (unpaired) electrons. The predicted molar refractivity (Wildman–Crippen MR) is 151 cm³/mol. The molecule has 3 rings (SSSR count). The van der Waals surface area contributed by atoms with Crippen LogP contribution in [-0.4, -0.2) is 58.7 Å². The van der Waals surface area contributed by atoms with Gasteiger partial charge in [-0.15, -0.1) is 6.58 Å². The number of esters is 1. The van der Waals surface area contributed by atoms with Crippen LogP contribution in [0.1, 0.15) is 36.6 Å². The Morgan fingerprint density at radius 3 is 2.49 bits per heavy atom. The van der Waals surface area contributed by atoms with E-state index in [-0.39, 0.29) is 24.5 Å². The van der Waals surface area contributed by atoms with Crippen LogP contribution in [0.25, 0.3) is 0 Å². The minimum atomic E-state index is -0.771. The number of methoxy groups -OCH3 is 3. The highest BCUT2D eigenvalue weighted by Crippen LogP contribution is 2.35. The molecule has 41 heavy (non-hydrogen) atoms. The first-order valence-electron chi connectivity index (χ1n) is 12.7. The highest BCUT2D eigenvalue weighted by atomic mass is 16.5. The lowest BCUT2D eigenvalue weighted by Crippen LogP contribution is -2.45. The van der Waals surface area contributed by atoms with E-state index < -0.39 is 23.9 Å². The number of amides is 3. The molecule has 0 bridgehead atoms. The Labute approximate surface area is 238 Å². The Morgan fingerprint density at radius 1 is 1.07 bits per heavy atom. The fraction of sp³-hybridized carbons (Fsp3) is 0.310. The number of ether oxygens (including phenoxy) is 5. The number of carbonyl (C=O) groups excluding carboxylic acids is 3. The summed E-state index contributed by atoms with van der Waals surface area (Å²) in [5, 5.41) is 9.32. The van der Waals surface area contributed by atoms with Gasteiger partial charge in [0.1, 0.15) is 0 Å². The zero-order valence-electron chi connectivity index (χ0n) is 23.7. The van der Waals surface area contributed by atoms with Crippen molar-refractivity contribution in [3.63, 3.8) is 0 Å². The molecule has 2 aromatic rings. The number of hydrogen-bond acceptors (Lipinski definition) is 9. The zero-order chi connectivity index (χ0) is 29.9. The number of carbonyl (C=O) groups is 3. The summed E-state index contributed by atoms with van der Waals surface area (Å²) in [4.78, 5) is 37.1. The van der Waals surface area contributed by atoms with Gasteiger partial charge in [-0.25, -0.2) is 15.0 Å². The van der Waals surface area contributed by atoms with E-state index >= 15 is 0 Å². The third-order valence-corrected chi connectivity index (χ3v) is 5.99. The molecule has 0 saturated carbocycles. The second-order valence-electron chi connectivity index (χ2n) is 8.69. The molecule has 1 aliphatic rings. The largest absolute Gasteiger partial charge is 0.493 e. The first kappa shape index (κ1) is 30.5. The van der Waals surface area contributed by atoms with E-state index in [9.17, 15) is 14.4 Å². The van der Waals surface area contributed by atoms with Crippen LogP contribution in [0.4, 0.5) is 4.79 Å². The van der Waals surface area contributed by atoms with Crippen LogP contribution in [0.5, 0.6) is 23.0 Å². The van der Waals surface area contributed by atoms with Crippen LogP contribution >= 0.6 is 0 Å². The Kier molecular flexibility index (Phi) is 10.7. The molecule has 0 aliphatic carbocycles. The van der Waals surface area contributed by atoms with Crippen LogP contribution in [0.15, 0.2) is 59.4 Å². The van der Waals surface area contributed by atoms with E-state index in [1.54, 1.807) is 51.3 Å². The third kappa shape index (κ3) is 7.56. The van der Waals surface area contributed by atoms with Crippen molar-refractivity contribution in [2.24, 2.45) is 5.10 Å². The summed E-state index contributed by atoms with van der Waals surface area (Å²) in [6.07, 6.45) is 3.79. The number of nitrogens with one attached hydrogen (secondary N) is 3. The molecule has 0 aromatic heterocycles. The second-order valence-corrected chi connectivity index (χ2v) is 8.69.